The van der Waals surface area contributed by atoms with E-state index in [4.69, 9.17) is 0 Å². The lowest BCUT2D eigenvalue weighted by atomic mass is 9.97. The lowest BCUT2D eigenvalue weighted by Crippen LogP contribution is -2.05. The van der Waals surface area contributed by atoms with Gasteiger partial charge in [0.15, 0.2) is 5.78 Å². The second kappa shape index (κ2) is 8.69. The summed E-state index contributed by atoms with van der Waals surface area (Å²) in [5.74, 6) is 0.959. The maximum absolute atomic E-state index is 12.3. The highest BCUT2D eigenvalue weighted by atomic mass is 32.2. The predicted octanol–water partition coefficient (Wildman–Crippen LogP) is 5.13. The van der Waals surface area contributed by atoms with Crippen LogP contribution in [0.4, 0.5) is 5.69 Å². The molecule has 126 valence electrons. The van der Waals surface area contributed by atoms with Crippen LogP contribution in [0.5, 0.6) is 0 Å². The molecule has 0 aromatic heterocycles. The lowest BCUT2D eigenvalue weighted by Gasteiger charge is -2.09. The predicted molar refractivity (Wildman–Crippen MR) is 101 cm³/mol. The van der Waals surface area contributed by atoms with Crippen LogP contribution in [0.2, 0.25) is 0 Å². The first-order chi connectivity index (χ1) is 11.5. The van der Waals surface area contributed by atoms with Crippen LogP contribution in [-0.4, -0.2) is 17.4 Å². The van der Waals surface area contributed by atoms with Crippen molar-refractivity contribution in [1.82, 2.24) is 0 Å². The molecule has 0 unspecified atom stereocenters. The van der Waals surface area contributed by atoms with Gasteiger partial charge in [-0.15, -0.1) is 11.8 Å². The number of thioether (sulfide) groups is 1. The summed E-state index contributed by atoms with van der Waals surface area (Å²) < 4.78 is 0. The highest BCUT2D eigenvalue weighted by molar-refractivity contribution is 8.00. The quantitative estimate of drug-likeness (QED) is 0.561. The fourth-order valence-corrected chi connectivity index (χ4v) is 3.10. The Hall–Kier alpha value is -2.07. The average Bonchev–Trinajstić information content (AvgIpc) is 2.60. The van der Waals surface area contributed by atoms with E-state index < -0.39 is 0 Å². The number of ketones is 1. The van der Waals surface area contributed by atoms with Gasteiger partial charge in [-0.25, -0.2) is 0 Å². The standard InChI is InChI=1S/C20H23NO2S/c1-4-14(2)16-5-7-17(8-6-16)20(23)13-24-19-11-9-18(10-12-19)21-15(3)22/h5-12,14H,4,13H2,1-3H3,(H,21,22)/t14-/m1/s1. The van der Waals surface area contributed by atoms with Crippen molar-refractivity contribution in [2.75, 3.05) is 11.1 Å². The van der Waals surface area contributed by atoms with Gasteiger partial charge < -0.3 is 5.32 Å². The topological polar surface area (TPSA) is 46.2 Å². The van der Waals surface area contributed by atoms with Gasteiger partial charge in [0.2, 0.25) is 5.91 Å². The van der Waals surface area contributed by atoms with Crippen molar-refractivity contribution < 1.29 is 9.59 Å². The number of Topliss-reactive ketones (excluding diaryl/α,β-unsaturated/α-hetero) is 1. The molecular formula is C20H23NO2S. The Kier molecular flexibility index (Phi) is 6.62. The Labute approximate surface area is 147 Å². The van der Waals surface area contributed by atoms with Crippen molar-refractivity contribution in [2.45, 2.75) is 38.0 Å². The molecule has 1 N–H and O–H groups in total. The number of hydrogen-bond donors (Lipinski definition) is 1. The van der Waals surface area contributed by atoms with Crippen molar-refractivity contribution in [1.29, 1.82) is 0 Å². The summed E-state index contributed by atoms with van der Waals surface area (Å²) in [5.41, 5.74) is 2.79. The molecule has 2 rings (SSSR count). The van der Waals surface area contributed by atoms with E-state index >= 15 is 0 Å². The molecular weight excluding hydrogens is 318 g/mol. The second-order valence-electron chi connectivity index (χ2n) is 5.85. The summed E-state index contributed by atoms with van der Waals surface area (Å²) in [6.07, 6.45) is 1.09. The van der Waals surface area contributed by atoms with Crippen LogP contribution >= 0.6 is 11.8 Å². The molecule has 0 bridgehead atoms. The van der Waals surface area contributed by atoms with Crippen molar-refractivity contribution in [3.05, 3.63) is 59.7 Å². The van der Waals surface area contributed by atoms with Crippen LogP contribution in [0.3, 0.4) is 0 Å². The zero-order valence-electron chi connectivity index (χ0n) is 14.3. The third-order valence-corrected chi connectivity index (χ3v) is 4.97. The molecule has 0 aliphatic carbocycles. The van der Waals surface area contributed by atoms with Crippen molar-refractivity contribution in [3.8, 4) is 0 Å². The molecule has 1 atom stereocenters. The highest BCUT2D eigenvalue weighted by Gasteiger charge is 2.08. The van der Waals surface area contributed by atoms with E-state index in [1.54, 1.807) is 0 Å². The molecule has 0 radical (unpaired) electrons. The van der Waals surface area contributed by atoms with E-state index in [1.807, 2.05) is 48.5 Å². The zero-order valence-corrected chi connectivity index (χ0v) is 15.2. The normalized spacial score (nSPS) is 11.8. The number of hydrogen-bond acceptors (Lipinski definition) is 3. The third-order valence-electron chi connectivity index (χ3n) is 3.96. The van der Waals surface area contributed by atoms with Crippen LogP contribution in [-0.2, 0) is 4.79 Å². The molecule has 1 amide bonds. The molecule has 0 spiro atoms. The molecule has 0 saturated heterocycles. The van der Waals surface area contributed by atoms with Gasteiger partial charge in [0.1, 0.15) is 0 Å². The molecule has 4 heteroatoms. The van der Waals surface area contributed by atoms with Crippen molar-refractivity contribution >= 4 is 29.1 Å². The largest absolute Gasteiger partial charge is 0.326 e. The van der Waals surface area contributed by atoms with Gasteiger partial charge in [0.05, 0.1) is 5.75 Å². The first-order valence-electron chi connectivity index (χ1n) is 8.13. The van der Waals surface area contributed by atoms with Gasteiger partial charge in [-0.05, 0) is 42.2 Å². The molecule has 0 fully saturated rings. The summed E-state index contributed by atoms with van der Waals surface area (Å²) in [5, 5.41) is 2.73. The number of amides is 1. The van der Waals surface area contributed by atoms with E-state index in [0.717, 1.165) is 22.6 Å². The summed E-state index contributed by atoms with van der Waals surface area (Å²) in [6, 6.07) is 15.5. The van der Waals surface area contributed by atoms with Gasteiger partial charge in [-0.2, -0.15) is 0 Å². The highest BCUT2D eigenvalue weighted by Crippen LogP contribution is 2.23. The van der Waals surface area contributed by atoms with Crippen molar-refractivity contribution in [2.24, 2.45) is 0 Å². The maximum atomic E-state index is 12.3. The molecule has 0 saturated carbocycles. The summed E-state index contributed by atoms with van der Waals surface area (Å²) in [7, 11) is 0. The minimum absolute atomic E-state index is 0.0913. The van der Waals surface area contributed by atoms with E-state index in [1.165, 1.54) is 24.2 Å². The molecule has 24 heavy (non-hydrogen) atoms. The number of nitrogens with one attached hydrogen (secondary N) is 1. The van der Waals surface area contributed by atoms with E-state index in [0.29, 0.717) is 11.7 Å². The molecule has 0 aliphatic heterocycles. The summed E-state index contributed by atoms with van der Waals surface area (Å²) in [4.78, 5) is 24.3. The SMILES string of the molecule is CC[C@@H](C)c1ccc(C(=O)CSc2ccc(NC(C)=O)cc2)cc1. The molecule has 0 aliphatic rings. The molecule has 2 aromatic rings. The molecule has 3 nitrogen and oxygen atoms in total. The van der Waals surface area contributed by atoms with Crippen LogP contribution < -0.4 is 5.32 Å². The van der Waals surface area contributed by atoms with Crippen LogP contribution in [0.25, 0.3) is 0 Å². The first kappa shape index (κ1) is 18.3. The smallest absolute Gasteiger partial charge is 0.221 e. The lowest BCUT2D eigenvalue weighted by molar-refractivity contribution is -0.114. The van der Waals surface area contributed by atoms with Gasteiger partial charge in [0, 0.05) is 23.1 Å². The van der Waals surface area contributed by atoms with Crippen LogP contribution in [0, 0.1) is 0 Å². The Morgan fingerprint density at radius 1 is 1.04 bits per heavy atom. The van der Waals surface area contributed by atoms with E-state index in [9.17, 15) is 9.59 Å². The van der Waals surface area contributed by atoms with Gasteiger partial charge in [0.25, 0.3) is 0 Å². The molecule has 2 aromatic carbocycles. The maximum Gasteiger partial charge on any atom is 0.221 e. The fraction of sp³-hybridized carbons (Fsp3) is 0.300. The monoisotopic (exact) mass is 341 g/mol. The Bertz CT molecular complexity index is 693. The number of carbonyl (C=O) groups is 2. The van der Waals surface area contributed by atoms with Crippen LogP contribution in [0.15, 0.2) is 53.4 Å². The van der Waals surface area contributed by atoms with Gasteiger partial charge in [-0.1, -0.05) is 38.1 Å². The van der Waals surface area contributed by atoms with E-state index in [-0.39, 0.29) is 11.7 Å². The van der Waals surface area contributed by atoms with Crippen molar-refractivity contribution in [3.63, 3.8) is 0 Å². The number of benzene rings is 2. The molecule has 0 heterocycles. The second-order valence-corrected chi connectivity index (χ2v) is 6.90. The zero-order chi connectivity index (χ0) is 17.5. The summed E-state index contributed by atoms with van der Waals surface area (Å²) >= 11 is 1.50. The first-order valence-corrected chi connectivity index (χ1v) is 9.11. The van der Waals surface area contributed by atoms with Gasteiger partial charge in [-0.3, -0.25) is 9.59 Å². The fourth-order valence-electron chi connectivity index (χ4n) is 2.30. The Morgan fingerprint density at radius 2 is 1.67 bits per heavy atom. The Morgan fingerprint density at radius 3 is 2.21 bits per heavy atom. The minimum Gasteiger partial charge on any atom is -0.326 e. The number of rotatable bonds is 7. The summed E-state index contributed by atoms with van der Waals surface area (Å²) in [6.45, 7) is 5.84. The average molecular weight is 341 g/mol. The van der Waals surface area contributed by atoms with E-state index in [2.05, 4.69) is 19.2 Å². The van der Waals surface area contributed by atoms with Crippen LogP contribution in [0.1, 0.15) is 49.0 Å². The number of carbonyl (C=O) groups excluding carboxylic acids is 2. The Balaban J connectivity index is 1.91. The van der Waals surface area contributed by atoms with Gasteiger partial charge >= 0.3 is 0 Å². The third kappa shape index (κ3) is 5.24. The minimum atomic E-state index is -0.0913. The number of anilines is 1.